The zero-order valence-corrected chi connectivity index (χ0v) is 10.9. The van der Waals surface area contributed by atoms with Crippen LogP contribution in [0.5, 0.6) is 0 Å². The van der Waals surface area contributed by atoms with Crippen LogP contribution < -0.4 is 5.32 Å². The van der Waals surface area contributed by atoms with Crippen LogP contribution in [0.4, 0.5) is 0 Å². The van der Waals surface area contributed by atoms with Crippen LogP contribution in [0.1, 0.15) is 29.9 Å². The van der Waals surface area contributed by atoms with Crippen molar-refractivity contribution in [2.45, 2.75) is 32.9 Å². The van der Waals surface area contributed by atoms with Gasteiger partial charge in [-0.3, -0.25) is 9.48 Å². The molecule has 0 aromatic carbocycles. The number of nitrogens with zero attached hydrogens (tertiary/aromatic N) is 3. The monoisotopic (exact) mass is 236 g/mol. The molecule has 1 fully saturated rings. The fraction of sp³-hybridized carbons (Fsp3) is 0.667. The third-order valence-electron chi connectivity index (χ3n) is 3.76. The summed E-state index contributed by atoms with van der Waals surface area (Å²) in [5.41, 5.74) is 1.64. The number of aromatic nitrogens is 2. The summed E-state index contributed by atoms with van der Waals surface area (Å²) in [5.74, 6) is 0.0939. The van der Waals surface area contributed by atoms with Crippen LogP contribution >= 0.6 is 0 Å². The molecule has 1 aliphatic heterocycles. The van der Waals surface area contributed by atoms with Gasteiger partial charge in [-0.15, -0.1) is 0 Å². The summed E-state index contributed by atoms with van der Waals surface area (Å²) < 4.78 is 1.74. The summed E-state index contributed by atoms with van der Waals surface area (Å²) in [6, 6.07) is 0.556. The lowest BCUT2D eigenvalue weighted by molar-refractivity contribution is 0.0602. The van der Waals surface area contributed by atoms with Crippen LogP contribution in [0.3, 0.4) is 0 Å². The van der Waals surface area contributed by atoms with E-state index in [2.05, 4.69) is 24.3 Å². The smallest absolute Gasteiger partial charge is 0.257 e. The van der Waals surface area contributed by atoms with E-state index in [-0.39, 0.29) is 11.9 Å². The highest BCUT2D eigenvalue weighted by Crippen LogP contribution is 2.15. The first-order chi connectivity index (χ1) is 8.02. The average molecular weight is 236 g/mol. The molecule has 17 heavy (non-hydrogen) atoms. The summed E-state index contributed by atoms with van der Waals surface area (Å²) in [6.45, 7) is 7.74. The number of aryl methyl sites for hydroxylation is 1. The minimum atomic E-state index is 0.0939. The van der Waals surface area contributed by atoms with E-state index in [9.17, 15) is 4.79 Å². The van der Waals surface area contributed by atoms with Crippen LogP contribution in [0, 0.1) is 6.92 Å². The largest absolute Gasteiger partial charge is 0.333 e. The molecular formula is C12H20N4O. The third-order valence-corrected chi connectivity index (χ3v) is 3.76. The molecule has 94 valence electrons. The molecule has 5 heteroatoms. The zero-order valence-electron chi connectivity index (χ0n) is 10.9. The van der Waals surface area contributed by atoms with Gasteiger partial charge in [0.05, 0.1) is 11.8 Å². The molecule has 1 aromatic heterocycles. The number of carbonyl (C=O) groups excluding carboxylic acids is 1. The Hall–Kier alpha value is -1.36. The first-order valence-corrected chi connectivity index (χ1v) is 6.05. The van der Waals surface area contributed by atoms with E-state index in [0.717, 1.165) is 18.8 Å². The van der Waals surface area contributed by atoms with Crippen molar-refractivity contribution in [3.63, 3.8) is 0 Å². The highest BCUT2D eigenvalue weighted by molar-refractivity contribution is 5.95. The maximum atomic E-state index is 12.4. The van der Waals surface area contributed by atoms with Crippen LogP contribution in [-0.2, 0) is 7.05 Å². The highest BCUT2D eigenvalue weighted by atomic mass is 16.2. The van der Waals surface area contributed by atoms with E-state index in [1.54, 1.807) is 10.9 Å². The second kappa shape index (κ2) is 4.49. The standard InChI is InChI=1S/C12H20N4O/c1-8-9(2)16(6-5-13-8)12(17)11-7-14-15(4)10(11)3/h7-9,13H,5-6H2,1-4H3. The first-order valence-electron chi connectivity index (χ1n) is 6.05. The molecule has 1 N–H and O–H groups in total. The number of piperazine rings is 1. The Kier molecular flexibility index (Phi) is 3.19. The highest BCUT2D eigenvalue weighted by Gasteiger charge is 2.30. The molecule has 0 spiro atoms. The number of hydrogen-bond acceptors (Lipinski definition) is 3. The second-order valence-electron chi connectivity index (χ2n) is 4.75. The van der Waals surface area contributed by atoms with Crippen molar-refractivity contribution < 1.29 is 4.79 Å². The molecule has 5 nitrogen and oxygen atoms in total. The van der Waals surface area contributed by atoms with E-state index in [1.165, 1.54) is 0 Å². The van der Waals surface area contributed by atoms with Gasteiger partial charge in [-0.2, -0.15) is 5.10 Å². The molecule has 2 unspecified atom stereocenters. The van der Waals surface area contributed by atoms with Gasteiger partial charge in [0.2, 0.25) is 0 Å². The van der Waals surface area contributed by atoms with Crippen LogP contribution in [-0.4, -0.2) is 45.8 Å². The summed E-state index contributed by atoms with van der Waals surface area (Å²) in [4.78, 5) is 14.4. The van der Waals surface area contributed by atoms with E-state index in [0.29, 0.717) is 11.6 Å². The van der Waals surface area contributed by atoms with Gasteiger partial charge in [-0.1, -0.05) is 0 Å². The fourth-order valence-corrected chi connectivity index (χ4v) is 2.21. The molecule has 0 bridgehead atoms. The topological polar surface area (TPSA) is 50.2 Å². The van der Waals surface area contributed by atoms with Crippen LogP contribution in [0.2, 0.25) is 0 Å². The SMILES string of the molecule is Cc1c(C(=O)N2CCNC(C)C2C)cnn1C. The number of nitrogens with one attached hydrogen (secondary N) is 1. The molecule has 1 amide bonds. The average Bonchev–Trinajstić information content (AvgIpc) is 2.63. The fourth-order valence-electron chi connectivity index (χ4n) is 2.21. The first kappa shape index (κ1) is 12.1. The Morgan fingerprint density at radius 2 is 2.24 bits per heavy atom. The molecule has 2 rings (SSSR count). The minimum absolute atomic E-state index is 0.0939. The van der Waals surface area contributed by atoms with Crippen LogP contribution in [0.15, 0.2) is 6.20 Å². The Morgan fingerprint density at radius 1 is 1.53 bits per heavy atom. The molecular weight excluding hydrogens is 216 g/mol. The van der Waals surface area contributed by atoms with Gasteiger partial charge in [0.15, 0.2) is 0 Å². The van der Waals surface area contributed by atoms with E-state index in [4.69, 9.17) is 0 Å². The molecule has 1 saturated heterocycles. The van der Waals surface area contributed by atoms with E-state index < -0.39 is 0 Å². The quantitative estimate of drug-likeness (QED) is 0.774. The molecule has 0 radical (unpaired) electrons. The lowest BCUT2D eigenvalue weighted by Gasteiger charge is -2.38. The Morgan fingerprint density at radius 3 is 2.82 bits per heavy atom. The Labute approximate surface area is 102 Å². The Balaban J connectivity index is 2.22. The molecule has 1 aliphatic rings. The van der Waals surface area contributed by atoms with Gasteiger partial charge in [0, 0.05) is 37.9 Å². The predicted octanol–water partition coefficient (Wildman–Crippen LogP) is 0.551. The van der Waals surface area contributed by atoms with Crippen molar-refractivity contribution in [3.05, 3.63) is 17.5 Å². The van der Waals surface area contributed by atoms with Gasteiger partial charge in [0.1, 0.15) is 0 Å². The van der Waals surface area contributed by atoms with Gasteiger partial charge in [0.25, 0.3) is 5.91 Å². The number of rotatable bonds is 1. The van der Waals surface area contributed by atoms with Crippen molar-refractivity contribution in [1.82, 2.24) is 20.0 Å². The molecule has 0 saturated carbocycles. The van der Waals surface area contributed by atoms with Crippen molar-refractivity contribution in [1.29, 1.82) is 0 Å². The van der Waals surface area contributed by atoms with Gasteiger partial charge < -0.3 is 10.2 Å². The predicted molar refractivity (Wildman–Crippen MR) is 65.9 cm³/mol. The van der Waals surface area contributed by atoms with Crippen molar-refractivity contribution in [3.8, 4) is 0 Å². The third kappa shape index (κ3) is 2.07. The summed E-state index contributed by atoms with van der Waals surface area (Å²) in [6.07, 6.45) is 1.66. The summed E-state index contributed by atoms with van der Waals surface area (Å²) in [5, 5.41) is 7.50. The van der Waals surface area contributed by atoms with E-state index >= 15 is 0 Å². The van der Waals surface area contributed by atoms with Crippen LogP contribution in [0.25, 0.3) is 0 Å². The maximum absolute atomic E-state index is 12.4. The number of amides is 1. The molecule has 2 atom stereocenters. The maximum Gasteiger partial charge on any atom is 0.257 e. The van der Waals surface area contributed by atoms with Crippen molar-refractivity contribution in [2.24, 2.45) is 7.05 Å². The van der Waals surface area contributed by atoms with Crippen molar-refractivity contribution >= 4 is 5.91 Å². The second-order valence-corrected chi connectivity index (χ2v) is 4.75. The van der Waals surface area contributed by atoms with E-state index in [1.807, 2.05) is 18.9 Å². The number of carbonyl (C=O) groups is 1. The summed E-state index contributed by atoms with van der Waals surface area (Å²) in [7, 11) is 1.86. The lowest BCUT2D eigenvalue weighted by atomic mass is 10.1. The summed E-state index contributed by atoms with van der Waals surface area (Å²) >= 11 is 0. The van der Waals surface area contributed by atoms with Crippen molar-refractivity contribution in [2.75, 3.05) is 13.1 Å². The zero-order chi connectivity index (χ0) is 12.6. The minimum Gasteiger partial charge on any atom is -0.333 e. The normalized spacial score (nSPS) is 25.1. The van der Waals surface area contributed by atoms with Gasteiger partial charge in [-0.05, 0) is 20.8 Å². The Bertz CT molecular complexity index is 426. The lowest BCUT2D eigenvalue weighted by Crippen LogP contribution is -2.57. The van der Waals surface area contributed by atoms with Gasteiger partial charge >= 0.3 is 0 Å². The molecule has 2 heterocycles. The van der Waals surface area contributed by atoms with Gasteiger partial charge in [-0.25, -0.2) is 0 Å². The molecule has 0 aliphatic carbocycles. The number of hydrogen-bond donors (Lipinski definition) is 1. The molecule has 1 aromatic rings.